The zero-order valence-electron chi connectivity index (χ0n) is 15.8. The van der Waals surface area contributed by atoms with Crippen molar-refractivity contribution in [2.45, 2.75) is 58.8 Å². The maximum Gasteiger partial charge on any atom is 0.333 e. The molecule has 2 atom stereocenters. The van der Waals surface area contributed by atoms with Gasteiger partial charge >= 0.3 is 5.97 Å². The number of phenolic OH excluding ortho intramolecular Hbond substituents is 2. The Labute approximate surface area is 153 Å². The van der Waals surface area contributed by atoms with Crippen LogP contribution in [0.2, 0.25) is 0 Å². The van der Waals surface area contributed by atoms with E-state index >= 15 is 0 Å². The number of hydrogen-bond acceptors (Lipinski definition) is 6. The van der Waals surface area contributed by atoms with Crippen LogP contribution in [0.25, 0.3) is 5.57 Å². The molecule has 26 heavy (non-hydrogen) atoms. The topological polar surface area (TPSA) is 96.2 Å². The number of benzene rings is 1. The lowest BCUT2D eigenvalue weighted by Gasteiger charge is -2.30. The molecule has 142 valence electrons. The third kappa shape index (κ3) is 3.70. The number of rotatable bonds is 3. The van der Waals surface area contributed by atoms with Gasteiger partial charge in [-0.25, -0.2) is 4.79 Å². The van der Waals surface area contributed by atoms with Gasteiger partial charge in [-0.05, 0) is 46.3 Å². The van der Waals surface area contributed by atoms with Crippen molar-refractivity contribution >= 4 is 11.5 Å². The Morgan fingerprint density at radius 3 is 2.58 bits per heavy atom. The first kappa shape index (κ1) is 19.8. The summed E-state index contributed by atoms with van der Waals surface area (Å²) in [6.45, 7) is 12.1. The standard InChI is InChI=1S/C20H26O6/c1-7-10(2)19(23)25-15-9-16(20(5,6)24)26-18-13(11(15)3)8-14(21)12(4)17(18)22/h7-8,15-16,21-22,24H,3,9H2,1-2,4-6H3/b10-7-/t15-,16+/m0/s1. The van der Waals surface area contributed by atoms with Crippen LogP contribution in [-0.2, 0) is 9.53 Å². The van der Waals surface area contributed by atoms with Gasteiger partial charge in [-0.2, -0.15) is 0 Å². The zero-order valence-corrected chi connectivity index (χ0v) is 15.8. The first-order valence-corrected chi connectivity index (χ1v) is 8.45. The van der Waals surface area contributed by atoms with E-state index in [0.29, 0.717) is 16.7 Å². The van der Waals surface area contributed by atoms with Gasteiger partial charge in [0.15, 0.2) is 11.5 Å². The number of esters is 1. The molecule has 1 aliphatic heterocycles. The van der Waals surface area contributed by atoms with Gasteiger partial charge in [-0.3, -0.25) is 0 Å². The van der Waals surface area contributed by atoms with Crippen LogP contribution in [-0.4, -0.2) is 39.1 Å². The first-order chi connectivity index (χ1) is 12.0. The summed E-state index contributed by atoms with van der Waals surface area (Å²) in [7, 11) is 0. The van der Waals surface area contributed by atoms with Gasteiger partial charge in [-0.15, -0.1) is 0 Å². The molecule has 0 fully saturated rings. The number of ether oxygens (including phenoxy) is 2. The van der Waals surface area contributed by atoms with Crippen LogP contribution >= 0.6 is 0 Å². The predicted octanol–water partition coefficient (Wildman–Crippen LogP) is 3.22. The summed E-state index contributed by atoms with van der Waals surface area (Å²) in [6, 6.07) is 1.42. The smallest absolute Gasteiger partial charge is 0.333 e. The van der Waals surface area contributed by atoms with E-state index < -0.39 is 23.8 Å². The Balaban J connectivity index is 2.56. The van der Waals surface area contributed by atoms with Crippen molar-refractivity contribution in [3.8, 4) is 17.2 Å². The van der Waals surface area contributed by atoms with Gasteiger partial charge in [-0.1, -0.05) is 12.7 Å². The Morgan fingerprint density at radius 1 is 1.42 bits per heavy atom. The Bertz CT molecular complexity index is 769. The van der Waals surface area contributed by atoms with Gasteiger partial charge in [0, 0.05) is 23.1 Å². The Hall–Kier alpha value is -2.47. The highest BCUT2D eigenvalue weighted by Gasteiger charge is 2.39. The second-order valence-electron chi connectivity index (χ2n) is 7.13. The summed E-state index contributed by atoms with van der Waals surface area (Å²) in [5.74, 6) is -0.745. The van der Waals surface area contributed by atoms with Crippen molar-refractivity contribution in [2.75, 3.05) is 0 Å². The number of aliphatic hydroxyl groups is 1. The SMILES string of the molecule is C=C1c2cc(O)c(C)c(O)c2O[C@@H](C(C)(C)O)C[C@@H]1OC(=O)/C(C)=C\C. The third-order valence-electron chi connectivity index (χ3n) is 4.70. The van der Waals surface area contributed by atoms with Gasteiger partial charge in [0.2, 0.25) is 0 Å². The van der Waals surface area contributed by atoms with Crippen molar-refractivity contribution in [1.82, 2.24) is 0 Å². The Kier molecular flexibility index (Phi) is 5.37. The predicted molar refractivity (Wildman–Crippen MR) is 98.2 cm³/mol. The van der Waals surface area contributed by atoms with E-state index in [1.54, 1.807) is 40.7 Å². The van der Waals surface area contributed by atoms with Crippen LogP contribution in [0.15, 0.2) is 24.3 Å². The number of carbonyl (C=O) groups excluding carboxylic acids is 1. The van der Waals surface area contributed by atoms with Crippen LogP contribution in [0.5, 0.6) is 17.2 Å². The highest BCUT2D eigenvalue weighted by atomic mass is 16.6. The normalized spacial score (nSPS) is 20.8. The first-order valence-electron chi connectivity index (χ1n) is 8.45. The Morgan fingerprint density at radius 2 is 2.04 bits per heavy atom. The molecule has 0 aromatic heterocycles. The van der Waals surface area contributed by atoms with Crippen LogP contribution < -0.4 is 4.74 Å². The zero-order chi connectivity index (χ0) is 19.8. The number of fused-ring (bicyclic) bond motifs is 1. The summed E-state index contributed by atoms with van der Waals surface area (Å²) in [4.78, 5) is 12.2. The fourth-order valence-electron chi connectivity index (χ4n) is 2.68. The molecule has 0 aliphatic carbocycles. The molecule has 1 heterocycles. The highest BCUT2D eigenvalue weighted by Crippen LogP contribution is 2.46. The summed E-state index contributed by atoms with van der Waals surface area (Å²) < 4.78 is 11.4. The average Bonchev–Trinajstić information content (AvgIpc) is 2.70. The maximum atomic E-state index is 12.2. The molecular formula is C20H26O6. The number of aromatic hydroxyl groups is 2. The minimum absolute atomic E-state index is 0.110. The van der Waals surface area contributed by atoms with Crippen LogP contribution in [0.4, 0.5) is 0 Å². The molecule has 6 nitrogen and oxygen atoms in total. The lowest BCUT2D eigenvalue weighted by Crippen LogP contribution is -2.42. The number of phenols is 2. The molecule has 0 amide bonds. The quantitative estimate of drug-likeness (QED) is 0.564. The molecule has 0 bridgehead atoms. The molecule has 6 heteroatoms. The van der Waals surface area contributed by atoms with Crippen molar-refractivity contribution in [2.24, 2.45) is 0 Å². The second-order valence-corrected chi connectivity index (χ2v) is 7.13. The number of allylic oxidation sites excluding steroid dienone is 1. The van der Waals surface area contributed by atoms with Gasteiger partial charge in [0.25, 0.3) is 0 Å². The van der Waals surface area contributed by atoms with Crippen LogP contribution in [0.3, 0.4) is 0 Å². The highest BCUT2D eigenvalue weighted by molar-refractivity contribution is 5.89. The van der Waals surface area contributed by atoms with Gasteiger partial charge in [0.05, 0.1) is 5.60 Å². The largest absolute Gasteiger partial charge is 0.508 e. The number of hydrogen-bond donors (Lipinski definition) is 3. The van der Waals surface area contributed by atoms with E-state index in [1.165, 1.54) is 6.07 Å². The molecule has 1 aromatic carbocycles. The average molecular weight is 362 g/mol. The van der Waals surface area contributed by atoms with Gasteiger partial charge < -0.3 is 24.8 Å². The minimum Gasteiger partial charge on any atom is -0.508 e. The monoisotopic (exact) mass is 362 g/mol. The number of carbonyl (C=O) groups is 1. The fraction of sp³-hybridized carbons (Fsp3) is 0.450. The third-order valence-corrected chi connectivity index (χ3v) is 4.70. The summed E-state index contributed by atoms with van der Waals surface area (Å²) in [5.41, 5.74) is 0.159. The molecule has 0 saturated heterocycles. The van der Waals surface area contributed by atoms with E-state index in [0.717, 1.165) is 0 Å². The molecule has 0 saturated carbocycles. The summed E-state index contributed by atoms with van der Waals surface area (Å²) in [5, 5.41) is 30.9. The van der Waals surface area contributed by atoms with E-state index in [9.17, 15) is 20.1 Å². The lowest BCUT2D eigenvalue weighted by atomic mass is 9.92. The molecule has 0 spiro atoms. The van der Waals surface area contributed by atoms with Crippen LogP contribution in [0.1, 0.15) is 45.2 Å². The molecule has 3 N–H and O–H groups in total. The van der Waals surface area contributed by atoms with Crippen molar-refractivity contribution in [3.63, 3.8) is 0 Å². The van der Waals surface area contributed by atoms with Crippen LogP contribution in [0, 0.1) is 6.92 Å². The van der Waals surface area contributed by atoms with Crippen molar-refractivity contribution in [3.05, 3.63) is 35.4 Å². The van der Waals surface area contributed by atoms with E-state index in [4.69, 9.17) is 9.47 Å². The molecule has 1 aliphatic rings. The van der Waals surface area contributed by atoms with Gasteiger partial charge in [0.1, 0.15) is 18.0 Å². The fourth-order valence-corrected chi connectivity index (χ4v) is 2.68. The molecule has 0 radical (unpaired) electrons. The molecular weight excluding hydrogens is 336 g/mol. The van der Waals surface area contributed by atoms with Crippen molar-refractivity contribution < 1.29 is 29.6 Å². The molecule has 1 aromatic rings. The summed E-state index contributed by atoms with van der Waals surface area (Å²) in [6.07, 6.45) is 0.246. The molecule has 2 rings (SSSR count). The minimum atomic E-state index is -1.26. The van der Waals surface area contributed by atoms with Crippen molar-refractivity contribution in [1.29, 1.82) is 0 Å². The van der Waals surface area contributed by atoms with E-state index in [1.807, 2.05) is 0 Å². The summed E-state index contributed by atoms with van der Waals surface area (Å²) >= 11 is 0. The van der Waals surface area contributed by atoms with E-state index in [-0.39, 0.29) is 29.2 Å². The lowest BCUT2D eigenvalue weighted by molar-refractivity contribution is -0.143. The maximum absolute atomic E-state index is 12.2. The molecule has 0 unspecified atom stereocenters. The second kappa shape index (κ2) is 7.03. The van der Waals surface area contributed by atoms with E-state index in [2.05, 4.69) is 6.58 Å².